The minimum Gasteiger partial charge on any atom is -0.454 e. The van der Waals surface area contributed by atoms with Gasteiger partial charge in [-0.25, -0.2) is 4.39 Å². The molecule has 29 heavy (non-hydrogen) atoms. The van der Waals surface area contributed by atoms with Crippen molar-refractivity contribution in [1.82, 2.24) is 4.90 Å². The number of nitrogens with zero attached hydrogens (tertiary/aromatic N) is 1. The van der Waals surface area contributed by atoms with Crippen LogP contribution in [0.1, 0.15) is 28.8 Å². The predicted molar refractivity (Wildman–Crippen MR) is 106 cm³/mol. The van der Waals surface area contributed by atoms with Crippen molar-refractivity contribution in [2.75, 3.05) is 12.4 Å². The molecule has 2 atom stereocenters. The third-order valence-electron chi connectivity index (χ3n) is 4.81. The highest BCUT2D eigenvalue weighted by molar-refractivity contribution is 6.18. The Balaban J connectivity index is 1.63. The number of likely N-dealkylation sites (tertiary alicyclic amines) is 1. The number of carbonyl (C=O) groups excluding carboxylic acids is 3. The van der Waals surface area contributed by atoms with Crippen molar-refractivity contribution >= 4 is 29.3 Å². The maximum Gasteiger partial charge on any atom is 0.311 e. The van der Waals surface area contributed by atoms with E-state index in [1.807, 2.05) is 30.3 Å². The maximum atomic E-state index is 13.1. The Labute approximate surface area is 173 Å². The Morgan fingerprint density at radius 1 is 1.14 bits per heavy atom. The highest BCUT2D eigenvalue weighted by Crippen LogP contribution is 2.23. The van der Waals surface area contributed by atoms with E-state index in [-0.39, 0.29) is 36.7 Å². The number of hydrogen-bond donors (Lipinski definition) is 0. The lowest BCUT2D eigenvalue weighted by Crippen LogP contribution is -2.32. The molecular formula is C22H21ClFNO4. The number of benzene rings is 2. The van der Waals surface area contributed by atoms with E-state index in [0.29, 0.717) is 6.54 Å². The van der Waals surface area contributed by atoms with E-state index in [9.17, 15) is 18.8 Å². The van der Waals surface area contributed by atoms with Gasteiger partial charge in [0.1, 0.15) is 5.82 Å². The first-order chi connectivity index (χ1) is 14.0. The monoisotopic (exact) mass is 417 g/mol. The maximum absolute atomic E-state index is 13.1. The third-order valence-corrected chi connectivity index (χ3v) is 5.03. The molecule has 152 valence electrons. The van der Waals surface area contributed by atoms with E-state index < -0.39 is 29.6 Å². The van der Waals surface area contributed by atoms with Crippen molar-refractivity contribution in [2.24, 2.45) is 5.92 Å². The summed E-state index contributed by atoms with van der Waals surface area (Å²) in [4.78, 5) is 39.1. The summed E-state index contributed by atoms with van der Waals surface area (Å²) in [5, 5.41) is 0. The van der Waals surface area contributed by atoms with E-state index in [0.717, 1.165) is 5.56 Å². The van der Waals surface area contributed by atoms with Gasteiger partial charge in [-0.3, -0.25) is 14.4 Å². The fourth-order valence-corrected chi connectivity index (χ4v) is 3.46. The van der Waals surface area contributed by atoms with Gasteiger partial charge in [-0.15, -0.1) is 11.6 Å². The van der Waals surface area contributed by atoms with Gasteiger partial charge in [-0.2, -0.15) is 0 Å². The number of amides is 1. The van der Waals surface area contributed by atoms with Gasteiger partial charge >= 0.3 is 5.97 Å². The number of esters is 1. The summed E-state index contributed by atoms with van der Waals surface area (Å²) < 4.78 is 18.5. The largest absolute Gasteiger partial charge is 0.454 e. The number of Topliss-reactive ketones (excluding diaryl/α,β-unsaturated/α-hetero) is 1. The van der Waals surface area contributed by atoms with Gasteiger partial charge < -0.3 is 9.64 Å². The Kier molecular flexibility index (Phi) is 6.99. The Bertz CT molecular complexity index is 872. The molecule has 0 bridgehead atoms. The van der Waals surface area contributed by atoms with Crippen molar-refractivity contribution < 1.29 is 23.5 Å². The molecule has 1 aliphatic heterocycles. The van der Waals surface area contributed by atoms with Gasteiger partial charge in [-0.05, 0) is 29.8 Å². The minimum atomic E-state index is -1.07. The standard InChI is InChI=1S/C22H21ClFNO4/c23-11-10-19(21(27)16-6-8-18(24)9-7-16)29-22(28)17-12-20(26)25(14-17)13-15-4-2-1-3-5-15/h1-9,17,19H,10-14H2. The molecule has 0 radical (unpaired) electrons. The number of carbonyl (C=O) groups is 3. The summed E-state index contributed by atoms with van der Waals surface area (Å²) in [6.45, 7) is 0.661. The van der Waals surface area contributed by atoms with Crippen LogP contribution in [-0.4, -0.2) is 41.1 Å². The van der Waals surface area contributed by atoms with Crippen LogP contribution < -0.4 is 0 Å². The summed E-state index contributed by atoms with van der Waals surface area (Å²) >= 11 is 5.77. The van der Waals surface area contributed by atoms with Gasteiger partial charge in [0.05, 0.1) is 5.92 Å². The number of ketones is 1. The number of halogens is 2. The van der Waals surface area contributed by atoms with E-state index >= 15 is 0 Å². The van der Waals surface area contributed by atoms with E-state index in [1.165, 1.54) is 24.3 Å². The van der Waals surface area contributed by atoms with Gasteiger partial charge in [-0.1, -0.05) is 30.3 Å². The first-order valence-corrected chi connectivity index (χ1v) is 9.89. The molecule has 2 aromatic carbocycles. The molecule has 2 aromatic rings. The smallest absolute Gasteiger partial charge is 0.311 e. The molecule has 0 saturated carbocycles. The van der Waals surface area contributed by atoms with Crippen LogP contribution in [0.2, 0.25) is 0 Å². The third kappa shape index (κ3) is 5.41. The number of alkyl halides is 1. The van der Waals surface area contributed by atoms with Gasteiger partial charge in [0.2, 0.25) is 11.7 Å². The van der Waals surface area contributed by atoms with Crippen molar-refractivity contribution in [3.63, 3.8) is 0 Å². The zero-order chi connectivity index (χ0) is 20.8. The van der Waals surface area contributed by atoms with Crippen LogP contribution in [0, 0.1) is 11.7 Å². The van der Waals surface area contributed by atoms with Crippen LogP contribution in [0.4, 0.5) is 4.39 Å². The number of hydrogen-bond acceptors (Lipinski definition) is 4. The normalized spacial score (nSPS) is 17.2. The van der Waals surface area contributed by atoms with Gasteiger partial charge in [0.15, 0.2) is 6.10 Å². The van der Waals surface area contributed by atoms with Gasteiger partial charge in [0, 0.05) is 37.4 Å². The lowest BCUT2D eigenvalue weighted by Gasteiger charge is -2.19. The quantitative estimate of drug-likeness (QED) is 0.374. The van der Waals surface area contributed by atoms with E-state index in [2.05, 4.69) is 0 Å². The predicted octanol–water partition coefficient (Wildman–Crippen LogP) is 3.60. The topological polar surface area (TPSA) is 63.7 Å². The van der Waals surface area contributed by atoms with Crippen LogP contribution in [0.5, 0.6) is 0 Å². The lowest BCUT2D eigenvalue weighted by molar-refractivity contribution is -0.151. The molecule has 1 saturated heterocycles. The molecular weight excluding hydrogens is 397 g/mol. The van der Waals surface area contributed by atoms with E-state index in [4.69, 9.17) is 16.3 Å². The molecule has 1 heterocycles. The van der Waals surface area contributed by atoms with Crippen molar-refractivity contribution in [3.05, 3.63) is 71.5 Å². The van der Waals surface area contributed by atoms with Crippen LogP contribution in [0.15, 0.2) is 54.6 Å². The average Bonchev–Trinajstić information content (AvgIpc) is 3.09. The fraction of sp³-hybridized carbons (Fsp3) is 0.318. The second kappa shape index (κ2) is 9.65. The second-order valence-electron chi connectivity index (χ2n) is 6.94. The molecule has 7 heteroatoms. The number of rotatable bonds is 8. The lowest BCUT2D eigenvalue weighted by atomic mass is 10.0. The summed E-state index contributed by atoms with van der Waals surface area (Å²) in [6, 6.07) is 14.5. The Hall–Kier alpha value is -2.73. The van der Waals surface area contributed by atoms with Gasteiger partial charge in [0.25, 0.3) is 0 Å². The highest BCUT2D eigenvalue weighted by Gasteiger charge is 2.37. The molecule has 1 fully saturated rings. The first-order valence-electron chi connectivity index (χ1n) is 9.36. The van der Waals surface area contributed by atoms with Crippen LogP contribution in [0.3, 0.4) is 0 Å². The molecule has 0 aliphatic carbocycles. The molecule has 5 nitrogen and oxygen atoms in total. The van der Waals surface area contributed by atoms with Crippen molar-refractivity contribution in [2.45, 2.75) is 25.5 Å². The zero-order valence-electron chi connectivity index (χ0n) is 15.7. The summed E-state index contributed by atoms with van der Waals surface area (Å²) in [6.07, 6.45) is -0.884. The molecule has 0 N–H and O–H groups in total. The summed E-state index contributed by atoms with van der Waals surface area (Å²) in [5.74, 6) is -2.15. The molecule has 0 aromatic heterocycles. The van der Waals surface area contributed by atoms with Crippen LogP contribution >= 0.6 is 11.6 Å². The highest BCUT2D eigenvalue weighted by atomic mass is 35.5. The molecule has 1 aliphatic rings. The minimum absolute atomic E-state index is 0.0456. The van der Waals surface area contributed by atoms with E-state index in [1.54, 1.807) is 4.90 Å². The second-order valence-corrected chi connectivity index (χ2v) is 7.31. The molecule has 2 unspecified atom stereocenters. The Morgan fingerprint density at radius 2 is 1.83 bits per heavy atom. The Morgan fingerprint density at radius 3 is 2.48 bits per heavy atom. The SMILES string of the molecule is O=C(OC(CCCl)C(=O)c1ccc(F)cc1)C1CC(=O)N(Cc2ccccc2)C1. The fourth-order valence-electron chi connectivity index (χ4n) is 3.27. The zero-order valence-corrected chi connectivity index (χ0v) is 16.5. The van der Waals surface area contributed by atoms with Crippen molar-refractivity contribution in [3.8, 4) is 0 Å². The molecule has 3 rings (SSSR count). The van der Waals surface area contributed by atoms with Crippen molar-refractivity contribution in [1.29, 1.82) is 0 Å². The molecule has 1 amide bonds. The molecule has 0 spiro atoms. The summed E-state index contributed by atoms with van der Waals surface area (Å²) in [7, 11) is 0. The summed E-state index contributed by atoms with van der Waals surface area (Å²) in [5.41, 5.74) is 1.21. The van der Waals surface area contributed by atoms with Crippen LogP contribution in [-0.2, 0) is 20.9 Å². The average molecular weight is 418 g/mol. The number of ether oxygens (including phenoxy) is 1. The van der Waals surface area contributed by atoms with Crippen LogP contribution in [0.25, 0.3) is 0 Å². The first kappa shape index (κ1) is 21.0.